The Hall–Kier alpha value is -3.80. The summed E-state index contributed by atoms with van der Waals surface area (Å²) in [6.07, 6.45) is 3.84. The van der Waals surface area contributed by atoms with E-state index in [9.17, 15) is 0 Å². The Morgan fingerprint density at radius 1 is 0.975 bits per heavy atom. The summed E-state index contributed by atoms with van der Waals surface area (Å²) < 4.78 is 15.5. The van der Waals surface area contributed by atoms with Crippen LogP contribution in [0.5, 0.6) is 0 Å². The molecule has 0 aliphatic heterocycles. The van der Waals surface area contributed by atoms with Crippen molar-refractivity contribution in [2.24, 2.45) is 5.92 Å². The van der Waals surface area contributed by atoms with E-state index in [0.717, 1.165) is 51.7 Å². The normalized spacial score (nSPS) is 13.6. The van der Waals surface area contributed by atoms with Gasteiger partial charge in [-0.1, -0.05) is 44.2 Å². The molecule has 0 saturated heterocycles. The van der Waals surface area contributed by atoms with Crippen LogP contribution in [0.2, 0.25) is 0 Å². The number of rotatable bonds is 8. The first-order chi connectivity index (χ1) is 18.9. The molecule has 5 rings (SSSR count). The molecular formula is C34H40FN5. The van der Waals surface area contributed by atoms with Crippen LogP contribution in [0.1, 0.15) is 80.0 Å². The van der Waals surface area contributed by atoms with Gasteiger partial charge in [0.1, 0.15) is 17.5 Å². The number of hydrogen-bond acceptors (Lipinski definition) is 5. The molecule has 2 aromatic carbocycles. The minimum Gasteiger partial charge on any atom is -0.383 e. The van der Waals surface area contributed by atoms with Gasteiger partial charge in [0.25, 0.3) is 0 Å². The third-order valence-electron chi connectivity index (χ3n) is 8.09. The van der Waals surface area contributed by atoms with Crippen LogP contribution < -0.4 is 11.1 Å². The molecule has 0 unspecified atom stereocenters. The number of nitrogens with one attached hydrogen (secondary N) is 1. The third-order valence-corrected chi connectivity index (χ3v) is 8.09. The molecule has 0 amide bonds. The average Bonchev–Trinajstić information content (AvgIpc) is 3.70. The summed E-state index contributed by atoms with van der Waals surface area (Å²) in [6.45, 7) is 14.2. The molecule has 2 heterocycles. The van der Waals surface area contributed by atoms with Gasteiger partial charge in [0.05, 0.1) is 11.2 Å². The van der Waals surface area contributed by atoms with Gasteiger partial charge >= 0.3 is 0 Å². The van der Waals surface area contributed by atoms with Gasteiger partial charge in [-0.3, -0.25) is 0 Å². The number of nitrogen functional groups attached to an aromatic ring is 1. The molecule has 208 valence electrons. The highest BCUT2D eigenvalue weighted by molar-refractivity contribution is 5.66. The lowest BCUT2D eigenvalue weighted by atomic mass is 9.91. The summed E-state index contributed by atoms with van der Waals surface area (Å²) in [4.78, 5) is 14.2. The van der Waals surface area contributed by atoms with Gasteiger partial charge in [-0.2, -0.15) is 0 Å². The summed E-state index contributed by atoms with van der Waals surface area (Å²) in [7, 11) is 0. The molecule has 1 saturated carbocycles. The SMILES string of the molecule is Cc1cc(-c2ccc(C(C)(C)Nc3nc(-c4ccc(CC5CC5)cc4)nc(C)c3C)cc2F)nc(N)c1C(C)C. The highest BCUT2D eigenvalue weighted by atomic mass is 19.1. The Labute approximate surface area is 237 Å². The fourth-order valence-corrected chi connectivity index (χ4v) is 5.40. The molecule has 1 aliphatic rings. The first-order valence-corrected chi connectivity index (χ1v) is 14.2. The number of halogens is 1. The van der Waals surface area contributed by atoms with E-state index in [-0.39, 0.29) is 11.7 Å². The number of aryl methyl sites for hydroxylation is 2. The van der Waals surface area contributed by atoms with Crippen LogP contribution in [0.25, 0.3) is 22.6 Å². The lowest BCUT2D eigenvalue weighted by Gasteiger charge is -2.29. The lowest BCUT2D eigenvalue weighted by molar-refractivity contribution is 0.584. The van der Waals surface area contributed by atoms with Gasteiger partial charge < -0.3 is 11.1 Å². The maximum Gasteiger partial charge on any atom is 0.161 e. The average molecular weight is 538 g/mol. The fourth-order valence-electron chi connectivity index (χ4n) is 5.40. The van der Waals surface area contributed by atoms with Gasteiger partial charge in [-0.25, -0.2) is 19.3 Å². The minimum atomic E-state index is -0.597. The van der Waals surface area contributed by atoms with Crippen LogP contribution in [0.3, 0.4) is 0 Å². The second-order valence-corrected chi connectivity index (χ2v) is 12.2. The highest BCUT2D eigenvalue weighted by Gasteiger charge is 2.25. The Balaban J connectivity index is 1.41. The van der Waals surface area contributed by atoms with E-state index < -0.39 is 5.54 Å². The van der Waals surface area contributed by atoms with E-state index in [1.54, 1.807) is 12.1 Å². The number of benzene rings is 2. The smallest absolute Gasteiger partial charge is 0.161 e. The van der Waals surface area contributed by atoms with Crippen molar-refractivity contribution < 1.29 is 4.39 Å². The van der Waals surface area contributed by atoms with Crippen molar-refractivity contribution in [2.75, 3.05) is 11.1 Å². The minimum absolute atomic E-state index is 0.252. The van der Waals surface area contributed by atoms with Crippen molar-refractivity contribution in [3.63, 3.8) is 0 Å². The Morgan fingerprint density at radius 2 is 1.68 bits per heavy atom. The van der Waals surface area contributed by atoms with E-state index in [4.69, 9.17) is 15.7 Å². The highest BCUT2D eigenvalue weighted by Crippen LogP contribution is 2.35. The maximum atomic E-state index is 15.5. The molecule has 0 radical (unpaired) electrons. The Kier molecular flexibility index (Phi) is 7.38. The zero-order chi connectivity index (χ0) is 28.8. The molecule has 40 heavy (non-hydrogen) atoms. The second kappa shape index (κ2) is 10.6. The van der Waals surface area contributed by atoms with Crippen molar-refractivity contribution >= 4 is 11.6 Å². The molecule has 3 N–H and O–H groups in total. The summed E-state index contributed by atoms with van der Waals surface area (Å²) in [5.41, 5.74) is 13.7. The summed E-state index contributed by atoms with van der Waals surface area (Å²) in [5, 5.41) is 3.57. The molecule has 0 spiro atoms. The van der Waals surface area contributed by atoms with E-state index in [2.05, 4.69) is 48.4 Å². The number of pyridine rings is 1. The molecule has 2 aromatic heterocycles. The summed E-state index contributed by atoms with van der Waals surface area (Å²) in [6, 6.07) is 15.8. The van der Waals surface area contributed by atoms with E-state index in [1.807, 2.05) is 46.8 Å². The standard InChI is InChI=1S/C34H40FN5/c1-19(2)30-20(3)16-29(38-31(30)36)27-15-14-26(18-28(27)35)34(6,7)40-32-21(4)22(5)37-33(39-32)25-12-10-24(11-13-25)17-23-8-9-23/h10-16,18-19,23H,8-9,17H2,1-7H3,(H2,36,38)(H,37,39,40). The third kappa shape index (κ3) is 5.72. The topological polar surface area (TPSA) is 76.7 Å². The quantitative estimate of drug-likeness (QED) is 0.236. The van der Waals surface area contributed by atoms with Gasteiger partial charge in [0.2, 0.25) is 0 Å². The molecule has 1 aliphatic carbocycles. The number of anilines is 2. The van der Waals surface area contributed by atoms with Crippen molar-refractivity contribution in [1.29, 1.82) is 0 Å². The fraction of sp³-hybridized carbons (Fsp3) is 0.382. The van der Waals surface area contributed by atoms with Gasteiger partial charge in [-0.05, 0) is 106 Å². The van der Waals surface area contributed by atoms with Crippen LogP contribution >= 0.6 is 0 Å². The van der Waals surface area contributed by atoms with E-state index in [1.165, 1.54) is 18.4 Å². The Morgan fingerprint density at radius 3 is 2.27 bits per heavy atom. The molecule has 1 fully saturated rings. The molecular weight excluding hydrogens is 497 g/mol. The van der Waals surface area contributed by atoms with Crippen molar-refractivity contribution in [1.82, 2.24) is 15.0 Å². The predicted octanol–water partition coefficient (Wildman–Crippen LogP) is 8.28. The number of nitrogens with two attached hydrogens (primary N) is 1. The zero-order valence-corrected chi connectivity index (χ0v) is 24.7. The largest absolute Gasteiger partial charge is 0.383 e. The second-order valence-electron chi connectivity index (χ2n) is 12.2. The van der Waals surface area contributed by atoms with Crippen LogP contribution in [-0.2, 0) is 12.0 Å². The first-order valence-electron chi connectivity index (χ1n) is 14.2. The predicted molar refractivity (Wildman–Crippen MR) is 163 cm³/mol. The number of hydrogen-bond donors (Lipinski definition) is 2. The van der Waals surface area contributed by atoms with Crippen LogP contribution in [0.15, 0.2) is 48.5 Å². The van der Waals surface area contributed by atoms with Crippen molar-refractivity contribution in [2.45, 2.75) is 79.2 Å². The lowest BCUT2D eigenvalue weighted by Crippen LogP contribution is -2.29. The number of nitrogens with zero attached hydrogens (tertiary/aromatic N) is 3. The molecule has 0 bridgehead atoms. The summed E-state index contributed by atoms with van der Waals surface area (Å²) >= 11 is 0. The van der Waals surface area contributed by atoms with Crippen molar-refractivity contribution in [3.05, 3.63) is 87.9 Å². The molecule has 0 atom stereocenters. The molecule has 5 nitrogen and oxygen atoms in total. The van der Waals surface area contributed by atoms with Gasteiger partial charge in [0, 0.05) is 22.4 Å². The van der Waals surface area contributed by atoms with Crippen LogP contribution in [0.4, 0.5) is 16.0 Å². The Bertz CT molecular complexity index is 1530. The zero-order valence-electron chi connectivity index (χ0n) is 24.7. The summed E-state index contributed by atoms with van der Waals surface area (Å²) in [5.74, 6) is 2.65. The van der Waals surface area contributed by atoms with Crippen LogP contribution in [-0.4, -0.2) is 15.0 Å². The molecule has 6 heteroatoms. The maximum absolute atomic E-state index is 15.5. The van der Waals surface area contributed by atoms with Gasteiger partial charge in [0.15, 0.2) is 5.82 Å². The van der Waals surface area contributed by atoms with E-state index >= 15 is 4.39 Å². The van der Waals surface area contributed by atoms with Crippen molar-refractivity contribution in [3.8, 4) is 22.6 Å². The van der Waals surface area contributed by atoms with Gasteiger partial charge in [-0.15, -0.1) is 0 Å². The van der Waals surface area contributed by atoms with E-state index in [0.29, 0.717) is 22.9 Å². The first kappa shape index (κ1) is 27.8. The number of aromatic nitrogens is 3. The molecule has 4 aromatic rings. The van der Waals surface area contributed by atoms with Crippen LogP contribution in [0, 0.1) is 32.5 Å². The monoisotopic (exact) mass is 537 g/mol.